The molecule has 0 fully saturated rings. The lowest BCUT2D eigenvalue weighted by molar-refractivity contribution is -0.133. The van der Waals surface area contributed by atoms with E-state index in [1.807, 2.05) is 0 Å². The first kappa shape index (κ1) is 18.8. The number of amides is 2. The van der Waals surface area contributed by atoms with Gasteiger partial charge in [-0.3, -0.25) is 9.59 Å². The van der Waals surface area contributed by atoms with Gasteiger partial charge in [0.2, 0.25) is 0 Å². The number of ether oxygens (including phenoxy) is 1. The summed E-state index contributed by atoms with van der Waals surface area (Å²) in [5.41, 5.74) is 0.428. The van der Waals surface area contributed by atoms with E-state index < -0.39 is 17.8 Å². The smallest absolute Gasteiger partial charge is 0.340 e. The van der Waals surface area contributed by atoms with E-state index in [-0.39, 0.29) is 33.6 Å². The van der Waals surface area contributed by atoms with Crippen molar-refractivity contribution in [3.05, 3.63) is 58.1 Å². The van der Waals surface area contributed by atoms with Crippen molar-refractivity contribution in [1.82, 2.24) is 0 Å². The van der Waals surface area contributed by atoms with E-state index in [0.29, 0.717) is 0 Å². The number of carbonyl (C=O) groups excluding carboxylic acids is 3. The highest BCUT2D eigenvalue weighted by Crippen LogP contribution is 2.29. The molecule has 0 aliphatic heterocycles. The second-order valence-corrected chi connectivity index (χ2v) is 5.59. The van der Waals surface area contributed by atoms with Gasteiger partial charge in [-0.15, -0.1) is 0 Å². The zero-order valence-electron chi connectivity index (χ0n) is 13.1. The molecule has 2 N–H and O–H groups in total. The maximum atomic E-state index is 12.1. The highest BCUT2D eigenvalue weighted by molar-refractivity contribution is 6.46. The summed E-state index contributed by atoms with van der Waals surface area (Å²) in [6.45, 7) is 1.85. The van der Waals surface area contributed by atoms with E-state index in [2.05, 4.69) is 10.6 Å². The molecule has 0 aromatic heterocycles. The van der Waals surface area contributed by atoms with Crippen LogP contribution < -0.4 is 10.6 Å². The largest absolute Gasteiger partial charge is 0.462 e. The number of esters is 1. The third-order valence-electron chi connectivity index (χ3n) is 3.08. The van der Waals surface area contributed by atoms with Gasteiger partial charge >= 0.3 is 17.8 Å². The van der Waals surface area contributed by atoms with Crippen LogP contribution in [-0.4, -0.2) is 24.4 Å². The Morgan fingerprint density at radius 2 is 1.52 bits per heavy atom. The lowest BCUT2D eigenvalue weighted by Gasteiger charge is -2.11. The molecule has 6 nitrogen and oxygen atoms in total. The molecule has 130 valence electrons. The fraction of sp³-hybridized carbons (Fsp3) is 0.118. The van der Waals surface area contributed by atoms with Gasteiger partial charge in [-0.2, -0.15) is 0 Å². The molecular weight excluding hydrogens is 367 g/mol. The fourth-order valence-electron chi connectivity index (χ4n) is 1.95. The maximum absolute atomic E-state index is 12.1. The molecule has 8 heteroatoms. The van der Waals surface area contributed by atoms with Crippen molar-refractivity contribution in [1.29, 1.82) is 0 Å². The third kappa shape index (κ3) is 4.71. The molecule has 2 rings (SSSR count). The van der Waals surface area contributed by atoms with Crippen molar-refractivity contribution in [2.45, 2.75) is 6.92 Å². The normalized spacial score (nSPS) is 10.0. The number of benzene rings is 2. The summed E-state index contributed by atoms with van der Waals surface area (Å²) >= 11 is 11.9. The van der Waals surface area contributed by atoms with Gasteiger partial charge in [0.05, 0.1) is 33.6 Å². The number of rotatable bonds is 4. The number of halogens is 2. The highest BCUT2D eigenvalue weighted by Gasteiger charge is 2.20. The number of para-hydroxylation sites is 2. The SMILES string of the molecule is CCOC(=O)c1ccccc1NC(=O)C(=O)Nc1c(Cl)cccc1Cl. The lowest BCUT2D eigenvalue weighted by atomic mass is 10.2. The van der Waals surface area contributed by atoms with Crippen molar-refractivity contribution in [3.8, 4) is 0 Å². The monoisotopic (exact) mass is 380 g/mol. The Kier molecular flexibility index (Phi) is 6.38. The maximum Gasteiger partial charge on any atom is 0.340 e. The predicted molar refractivity (Wildman–Crippen MR) is 96.1 cm³/mol. The van der Waals surface area contributed by atoms with Gasteiger partial charge in [-0.1, -0.05) is 41.4 Å². The van der Waals surface area contributed by atoms with Gasteiger partial charge in [0.25, 0.3) is 0 Å². The molecule has 0 radical (unpaired) electrons. The second kappa shape index (κ2) is 8.50. The molecule has 0 saturated carbocycles. The Morgan fingerprint density at radius 1 is 0.920 bits per heavy atom. The molecule has 0 aliphatic rings. The van der Waals surface area contributed by atoms with E-state index in [9.17, 15) is 14.4 Å². The molecule has 0 spiro atoms. The second-order valence-electron chi connectivity index (χ2n) is 4.77. The molecule has 2 aromatic rings. The quantitative estimate of drug-likeness (QED) is 0.624. The summed E-state index contributed by atoms with van der Waals surface area (Å²) in [7, 11) is 0. The average Bonchev–Trinajstić information content (AvgIpc) is 2.58. The van der Waals surface area contributed by atoms with Crippen molar-refractivity contribution in [2.75, 3.05) is 17.2 Å². The molecule has 2 amide bonds. The van der Waals surface area contributed by atoms with Crippen LogP contribution in [0.25, 0.3) is 0 Å². The van der Waals surface area contributed by atoms with Crippen LogP contribution in [-0.2, 0) is 14.3 Å². The van der Waals surface area contributed by atoms with Crippen LogP contribution in [0.4, 0.5) is 11.4 Å². The molecule has 0 heterocycles. The minimum absolute atomic E-state index is 0.129. The summed E-state index contributed by atoms with van der Waals surface area (Å²) in [6.07, 6.45) is 0. The van der Waals surface area contributed by atoms with Crippen LogP contribution in [0.1, 0.15) is 17.3 Å². The minimum atomic E-state index is -0.979. The van der Waals surface area contributed by atoms with E-state index in [0.717, 1.165) is 0 Å². The van der Waals surface area contributed by atoms with E-state index in [1.54, 1.807) is 25.1 Å². The number of hydrogen-bond acceptors (Lipinski definition) is 4. The molecule has 2 aromatic carbocycles. The van der Waals surface area contributed by atoms with Crippen molar-refractivity contribution in [3.63, 3.8) is 0 Å². The average molecular weight is 381 g/mol. The summed E-state index contributed by atoms with van der Waals surface area (Å²) in [4.78, 5) is 36.1. The summed E-state index contributed by atoms with van der Waals surface area (Å²) < 4.78 is 4.91. The predicted octanol–water partition coefficient (Wildman–Crippen LogP) is 3.75. The van der Waals surface area contributed by atoms with E-state index in [4.69, 9.17) is 27.9 Å². The molecule has 0 saturated heterocycles. The zero-order valence-corrected chi connectivity index (χ0v) is 14.6. The first-order chi connectivity index (χ1) is 11.9. The van der Waals surface area contributed by atoms with Crippen molar-refractivity contribution in [2.24, 2.45) is 0 Å². The number of hydrogen-bond donors (Lipinski definition) is 2. The van der Waals surface area contributed by atoms with Crippen LogP contribution in [0.5, 0.6) is 0 Å². The van der Waals surface area contributed by atoms with Gasteiger partial charge in [-0.25, -0.2) is 4.79 Å². The Hall–Kier alpha value is -2.57. The van der Waals surface area contributed by atoms with Gasteiger partial charge < -0.3 is 15.4 Å². The summed E-state index contributed by atoms with van der Waals surface area (Å²) in [6, 6.07) is 10.9. The highest BCUT2D eigenvalue weighted by atomic mass is 35.5. The molecule has 25 heavy (non-hydrogen) atoms. The van der Waals surface area contributed by atoms with E-state index in [1.165, 1.54) is 24.3 Å². The summed E-state index contributed by atoms with van der Waals surface area (Å²) in [5.74, 6) is -2.56. The fourth-order valence-corrected chi connectivity index (χ4v) is 2.44. The first-order valence-corrected chi connectivity index (χ1v) is 8.02. The van der Waals surface area contributed by atoms with Gasteiger partial charge in [0.15, 0.2) is 0 Å². The minimum Gasteiger partial charge on any atom is -0.462 e. The number of carbonyl (C=O) groups is 3. The van der Waals surface area contributed by atoms with Gasteiger partial charge in [-0.05, 0) is 31.2 Å². The van der Waals surface area contributed by atoms with Crippen molar-refractivity contribution >= 4 is 52.4 Å². The Bertz CT molecular complexity index is 804. The zero-order chi connectivity index (χ0) is 18.4. The molecule has 0 unspecified atom stereocenters. The Balaban J connectivity index is 2.15. The Morgan fingerprint density at radius 3 is 2.16 bits per heavy atom. The number of anilines is 2. The van der Waals surface area contributed by atoms with E-state index >= 15 is 0 Å². The standard InChI is InChI=1S/C17H14Cl2N2O4/c1-2-25-17(24)10-6-3-4-9-13(10)20-15(22)16(23)21-14-11(18)7-5-8-12(14)19/h3-9H,2H2,1H3,(H,20,22)(H,21,23). The first-order valence-electron chi connectivity index (χ1n) is 7.26. The molecular formula is C17H14Cl2N2O4. The van der Waals surface area contributed by atoms with Crippen molar-refractivity contribution < 1.29 is 19.1 Å². The summed E-state index contributed by atoms with van der Waals surface area (Å²) in [5, 5.41) is 5.10. The lowest BCUT2D eigenvalue weighted by Crippen LogP contribution is -2.30. The molecule has 0 atom stereocenters. The van der Waals surface area contributed by atoms with Gasteiger partial charge in [0, 0.05) is 0 Å². The van der Waals surface area contributed by atoms with Crippen LogP contribution in [0.2, 0.25) is 10.0 Å². The van der Waals surface area contributed by atoms with Gasteiger partial charge in [0.1, 0.15) is 0 Å². The third-order valence-corrected chi connectivity index (χ3v) is 3.71. The number of nitrogens with one attached hydrogen (secondary N) is 2. The molecule has 0 aliphatic carbocycles. The van der Waals surface area contributed by atoms with Crippen LogP contribution >= 0.6 is 23.2 Å². The van der Waals surface area contributed by atoms with Crippen LogP contribution in [0, 0.1) is 0 Å². The Labute approximate surface area is 154 Å². The molecule has 0 bridgehead atoms. The topological polar surface area (TPSA) is 84.5 Å². The van der Waals surface area contributed by atoms with Crippen LogP contribution in [0.3, 0.4) is 0 Å². The van der Waals surface area contributed by atoms with Crippen LogP contribution in [0.15, 0.2) is 42.5 Å².